The maximum Gasteiger partial charge on any atom is 0.161 e. The average Bonchev–Trinajstić information content (AvgIpc) is 2.73. The highest BCUT2D eigenvalue weighted by atomic mass is 79.9. The van der Waals surface area contributed by atoms with Crippen molar-refractivity contribution >= 4 is 31.9 Å². The van der Waals surface area contributed by atoms with Gasteiger partial charge in [-0.15, -0.1) is 0 Å². The summed E-state index contributed by atoms with van der Waals surface area (Å²) < 4.78 is 12.6. The summed E-state index contributed by atoms with van der Waals surface area (Å²) in [6.45, 7) is 3.53. The molecule has 1 aliphatic rings. The van der Waals surface area contributed by atoms with Gasteiger partial charge in [0.1, 0.15) is 0 Å². The fourth-order valence-corrected chi connectivity index (χ4v) is 3.17. The Bertz CT molecular complexity index is 655. The van der Waals surface area contributed by atoms with Crippen LogP contribution < -0.4 is 9.47 Å². The summed E-state index contributed by atoms with van der Waals surface area (Å²) in [5, 5.41) is 0. The molecular formula is C17H16Br2O2. The molecule has 0 radical (unpaired) electrons. The van der Waals surface area contributed by atoms with Crippen molar-refractivity contribution in [3.05, 3.63) is 57.6 Å². The summed E-state index contributed by atoms with van der Waals surface area (Å²) in [4.78, 5) is 0.140. The van der Waals surface area contributed by atoms with Gasteiger partial charge >= 0.3 is 0 Å². The van der Waals surface area contributed by atoms with Crippen LogP contribution in [0.1, 0.15) is 27.9 Å². The molecule has 0 N–H and O–H groups in total. The quantitative estimate of drug-likeness (QED) is 0.615. The number of ether oxygens (including phenoxy) is 2. The number of fused-ring (bicyclic) bond motifs is 1. The van der Waals surface area contributed by atoms with Crippen molar-refractivity contribution in [1.82, 2.24) is 0 Å². The van der Waals surface area contributed by atoms with Gasteiger partial charge in [-0.3, -0.25) is 0 Å². The lowest BCUT2D eigenvalue weighted by Gasteiger charge is -2.15. The molecule has 0 bridgehead atoms. The van der Waals surface area contributed by atoms with Gasteiger partial charge in [0, 0.05) is 10.9 Å². The number of hydrogen-bond acceptors (Lipinski definition) is 2. The Hall–Kier alpha value is -1.00. The average molecular weight is 412 g/mol. The minimum atomic E-state index is 0.140. The lowest BCUT2D eigenvalue weighted by Crippen LogP contribution is -1.97. The topological polar surface area (TPSA) is 18.5 Å². The largest absolute Gasteiger partial charge is 0.490 e. The van der Waals surface area contributed by atoms with Gasteiger partial charge in [0.2, 0.25) is 0 Å². The first-order valence-electron chi connectivity index (χ1n) is 6.95. The second-order valence-corrected chi connectivity index (χ2v) is 6.90. The van der Waals surface area contributed by atoms with E-state index in [1.54, 1.807) is 0 Å². The fraction of sp³-hybridized carbons (Fsp3) is 0.294. The van der Waals surface area contributed by atoms with Crippen molar-refractivity contribution in [2.45, 2.75) is 18.2 Å². The normalized spacial score (nSPS) is 15.4. The third kappa shape index (κ3) is 3.27. The second kappa shape index (κ2) is 6.41. The van der Waals surface area contributed by atoms with E-state index in [1.807, 2.05) is 6.07 Å². The number of rotatable bonds is 2. The van der Waals surface area contributed by atoms with Crippen LogP contribution in [0.3, 0.4) is 0 Å². The van der Waals surface area contributed by atoms with Gasteiger partial charge in [-0.2, -0.15) is 0 Å². The van der Waals surface area contributed by atoms with E-state index >= 15 is 0 Å². The first-order chi connectivity index (χ1) is 10.1. The Morgan fingerprint density at radius 2 is 1.62 bits per heavy atom. The van der Waals surface area contributed by atoms with E-state index in [0.717, 1.165) is 29.0 Å². The third-order valence-corrected chi connectivity index (χ3v) is 5.49. The Labute approximate surface area is 141 Å². The van der Waals surface area contributed by atoms with Crippen molar-refractivity contribution in [1.29, 1.82) is 0 Å². The minimum absolute atomic E-state index is 0.140. The van der Waals surface area contributed by atoms with Crippen molar-refractivity contribution in [3.8, 4) is 11.5 Å². The number of benzene rings is 2. The van der Waals surface area contributed by atoms with Gasteiger partial charge in [0.05, 0.1) is 18.0 Å². The summed E-state index contributed by atoms with van der Waals surface area (Å²) in [5.74, 6) is 1.67. The molecule has 0 aromatic heterocycles. The molecule has 21 heavy (non-hydrogen) atoms. The molecule has 4 heteroatoms. The third-order valence-electron chi connectivity index (χ3n) is 3.54. The monoisotopic (exact) mass is 410 g/mol. The first-order valence-corrected chi connectivity index (χ1v) is 8.65. The highest BCUT2D eigenvalue weighted by molar-refractivity contribution is 9.10. The Morgan fingerprint density at radius 3 is 2.38 bits per heavy atom. The van der Waals surface area contributed by atoms with Gasteiger partial charge in [0.25, 0.3) is 0 Å². The molecule has 0 saturated carbocycles. The second-order valence-electron chi connectivity index (χ2n) is 5.13. The Kier molecular flexibility index (Phi) is 4.55. The molecule has 0 fully saturated rings. The first kappa shape index (κ1) is 14.9. The zero-order chi connectivity index (χ0) is 14.8. The van der Waals surface area contributed by atoms with E-state index in [2.05, 4.69) is 69.1 Å². The highest BCUT2D eigenvalue weighted by Crippen LogP contribution is 2.38. The number of alkyl halides is 1. The minimum Gasteiger partial charge on any atom is -0.490 e. The summed E-state index contributed by atoms with van der Waals surface area (Å²) in [6, 6.07) is 12.5. The molecule has 3 rings (SSSR count). The predicted molar refractivity (Wildman–Crippen MR) is 91.7 cm³/mol. The maximum atomic E-state index is 5.76. The molecule has 0 saturated heterocycles. The number of hydrogen-bond donors (Lipinski definition) is 0. The van der Waals surface area contributed by atoms with Crippen molar-refractivity contribution in [2.24, 2.45) is 0 Å². The fourth-order valence-electron chi connectivity index (χ4n) is 2.36. The SMILES string of the molecule is Cc1cc(C(Br)c2ccc3c(c2)OCCCO3)ccc1Br. The van der Waals surface area contributed by atoms with Crippen LogP contribution in [0.5, 0.6) is 11.5 Å². The standard InChI is InChI=1S/C17H16Br2O2/c1-11-9-12(3-5-14(11)18)17(19)13-4-6-15-16(10-13)21-8-2-7-20-15/h3-6,9-10,17H,2,7-8H2,1H3. The molecule has 1 atom stereocenters. The zero-order valence-corrected chi connectivity index (χ0v) is 14.9. The van der Waals surface area contributed by atoms with Crippen LogP contribution in [-0.4, -0.2) is 13.2 Å². The molecule has 2 aromatic carbocycles. The highest BCUT2D eigenvalue weighted by Gasteiger charge is 2.16. The van der Waals surface area contributed by atoms with Crippen LogP contribution in [0.15, 0.2) is 40.9 Å². The van der Waals surface area contributed by atoms with E-state index in [9.17, 15) is 0 Å². The van der Waals surface area contributed by atoms with Crippen LogP contribution in [0.25, 0.3) is 0 Å². The van der Waals surface area contributed by atoms with E-state index in [0.29, 0.717) is 6.61 Å². The zero-order valence-electron chi connectivity index (χ0n) is 11.7. The van der Waals surface area contributed by atoms with Crippen LogP contribution in [-0.2, 0) is 0 Å². The lowest BCUT2D eigenvalue weighted by molar-refractivity contribution is 0.297. The molecule has 1 aliphatic heterocycles. The van der Waals surface area contributed by atoms with Gasteiger partial charge in [-0.25, -0.2) is 0 Å². The summed E-state index contributed by atoms with van der Waals surface area (Å²) in [7, 11) is 0. The molecule has 0 amide bonds. The number of aryl methyl sites for hydroxylation is 1. The summed E-state index contributed by atoms with van der Waals surface area (Å²) in [5.41, 5.74) is 3.62. The molecular weight excluding hydrogens is 396 g/mol. The van der Waals surface area contributed by atoms with Crippen molar-refractivity contribution in [3.63, 3.8) is 0 Å². The van der Waals surface area contributed by atoms with E-state index in [4.69, 9.17) is 9.47 Å². The van der Waals surface area contributed by atoms with Crippen molar-refractivity contribution < 1.29 is 9.47 Å². The molecule has 1 heterocycles. The van der Waals surface area contributed by atoms with E-state index in [1.165, 1.54) is 16.7 Å². The van der Waals surface area contributed by atoms with Crippen LogP contribution in [0.4, 0.5) is 0 Å². The molecule has 2 aromatic rings. The molecule has 2 nitrogen and oxygen atoms in total. The van der Waals surface area contributed by atoms with Crippen molar-refractivity contribution in [2.75, 3.05) is 13.2 Å². The van der Waals surface area contributed by atoms with E-state index in [-0.39, 0.29) is 4.83 Å². The molecule has 110 valence electrons. The van der Waals surface area contributed by atoms with Crippen LogP contribution >= 0.6 is 31.9 Å². The number of halogens is 2. The molecule has 0 aliphatic carbocycles. The maximum absolute atomic E-state index is 5.76. The van der Waals surface area contributed by atoms with Gasteiger partial charge < -0.3 is 9.47 Å². The van der Waals surface area contributed by atoms with Crippen LogP contribution in [0.2, 0.25) is 0 Å². The molecule has 0 spiro atoms. The summed E-state index contributed by atoms with van der Waals surface area (Å²) >= 11 is 7.33. The van der Waals surface area contributed by atoms with Gasteiger partial charge in [-0.1, -0.05) is 50.1 Å². The smallest absolute Gasteiger partial charge is 0.161 e. The predicted octanol–water partition coefficient (Wildman–Crippen LogP) is 5.40. The Balaban J connectivity index is 1.92. The molecule has 1 unspecified atom stereocenters. The summed E-state index contributed by atoms with van der Waals surface area (Å²) in [6.07, 6.45) is 0.924. The van der Waals surface area contributed by atoms with Gasteiger partial charge in [-0.05, 0) is 41.8 Å². The Morgan fingerprint density at radius 1 is 0.952 bits per heavy atom. The van der Waals surface area contributed by atoms with E-state index < -0.39 is 0 Å². The van der Waals surface area contributed by atoms with Crippen LogP contribution in [0, 0.1) is 6.92 Å². The van der Waals surface area contributed by atoms with Gasteiger partial charge in [0.15, 0.2) is 11.5 Å². The lowest BCUT2D eigenvalue weighted by atomic mass is 10.0.